The van der Waals surface area contributed by atoms with E-state index in [4.69, 9.17) is 0 Å². The number of carbonyl (C=O) groups excluding carboxylic acids is 4. The summed E-state index contributed by atoms with van der Waals surface area (Å²) < 4.78 is 0. The monoisotopic (exact) mass is 440 g/mol. The topological polar surface area (TPSA) is 92.3 Å². The predicted molar refractivity (Wildman–Crippen MR) is 127 cm³/mol. The van der Waals surface area contributed by atoms with E-state index in [1.165, 1.54) is 6.07 Å². The van der Waals surface area contributed by atoms with Crippen LogP contribution in [0, 0.1) is 5.41 Å². The fourth-order valence-corrected chi connectivity index (χ4v) is 3.58. The fourth-order valence-electron chi connectivity index (χ4n) is 3.58. The van der Waals surface area contributed by atoms with E-state index >= 15 is 0 Å². The molecular weight excluding hydrogens is 416 g/mol. The highest BCUT2D eigenvalue weighted by molar-refractivity contribution is 6.28. The Kier molecular flexibility index (Phi) is 5.68. The molecule has 0 aromatic heterocycles. The van der Waals surface area contributed by atoms with Crippen LogP contribution in [0.2, 0.25) is 0 Å². The fraction of sp³-hybridized carbons (Fsp3) is 0.185. The molecule has 4 rings (SSSR count). The highest BCUT2D eigenvalue weighted by Gasteiger charge is 2.29. The van der Waals surface area contributed by atoms with E-state index in [0.717, 1.165) is 0 Å². The van der Waals surface area contributed by atoms with Crippen molar-refractivity contribution in [2.24, 2.45) is 5.41 Å². The molecule has 0 unspecified atom stereocenters. The van der Waals surface area contributed by atoms with Crippen LogP contribution in [0.5, 0.6) is 0 Å². The molecule has 6 heteroatoms. The van der Waals surface area contributed by atoms with Gasteiger partial charge in [-0.15, -0.1) is 0 Å². The summed E-state index contributed by atoms with van der Waals surface area (Å²) in [5, 5.41) is 5.63. The van der Waals surface area contributed by atoms with Gasteiger partial charge >= 0.3 is 0 Å². The Bertz CT molecular complexity index is 1310. The normalized spacial score (nSPS) is 12.6. The lowest BCUT2D eigenvalue weighted by molar-refractivity contribution is -0.124. The molecule has 0 bridgehead atoms. The van der Waals surface area contributed by atoms with Gasteiger partial charge in [-0.25, -0.2) is 0 Å². The molecule has 166 valence electrons. The predicted octanol–water partition coefficient (Wildman–Crippen LogP) is 5.09. The Morgan fingerprint density at radius 3 is 2.00 bits per heavy atom. The molecule has 2 amide bonds. The standard InChI is InChI=1S/C27H24N2O4/c1-4-27(2,3)26(33)29-17-9-7-8-16(14-17)25(32)28-18-12-13-21-22(15-18)24(31)20-11-6-5-10-19(20)23(21)30/h5-15H,4H2,1-3H3,(H,28,32)(H,29,33). The summed E-state index contributed by atoms with van der Waals surface area (Å²) >= 11 is 0. The summed E-state index contributed by atoms with van der Waals surface area (Å²) in [6, 6.07) is 18.1. The van der Waals surface area contributed by atoms with Crippen molar-refractivity contribution in [3.05, 3.63) is 94.5 Å². The number of benzene rings is 3. The van der Waals surface area contributed by atoms with Crippen molar-refractivity contribution in [1.29, 1.82) is 0 Å². The molecule has 2 N–H and O–H groups in total. The first-order valence-electron chi connectivity index (χ1n) is 10.8. The van der Waals surface area contributed by atoms with E-state index in [2.05, 4.69) is 10.6 Å². The lowest BCUT2D eigenvalue weighted by Crippen LogP contribution is -2.30. The molecule has 1 aliphatic carbocycles. The number of hydrogen-bond donors (Lipinski definition) is 2. The van der Waals surface area contributed by atoms with E-state index < -0.39 is 11.3 Å². The minimum Gasteiger partial charge on any atom is -0.326 e. The van der Waals surface area contributed by atoms with Crippen LogP contribution in [0.15, 0.2) is 66.7 Å². The molecule has 0 fully saturated rings. The van der Waals surface area contributed by atoms with Gasteiger partial charge in [0.05, 0.1) is 0 Å². The molecule has 0 heterocycles. The van der Waals surface area contributed by atoms with Crippen molar-refractivity contribution >= 4 is 34.8 Å². The van der Waals surface area contributed by atoms with Crippen LogP contribution in [-0.2, 0) is 4.79 Å². The molecule has 0 spiro atoms. The third-order valence-corrected chi connectivity index (χ3v) is 6.06. The second-order valence-electron chi connectivity index (χ2n) is 8.69. The van der Waals surface area contributed by atoms with Gasteiger partial charge in [-0.2, -0.15) is 0 Å². The lowest BCUT2D eigenvalue weighted by Gasteiger charge is -2.21. The first kappa shape index (κ1) is 22.1. The van der Waals surface area contributed by atoms with E-state index in [1.54, 1.807) is 60.7 Å². The number of nitrogens with one attached hydrogen (secondary N) is 2. The zero-order valence-electron chi connectivity index (χ0n) is 18.7. The lowest BCUT2D eigenvalue weighted by atomic mass is 9.84. The number of amides is 2. The second-order valence-corrected chi connectivity index (χ2v) is 8.69. The third-order valence-electron chi connectivity index (χ3n) is 6.06. The largest absolute Gasteiger partial charge is 0.326 e. The van der Waals surface area contributed by atoms with Gasteiger partial charge in [-0.05, 0) is 42.8 Å². The van der Waals surface area contributed by atoms with Gasteiger partial charge in [0.15, 0.2) is 11.6 Å². The first-order chi connectivity index (χ1) is 15.7. The van der Waals surface area contributed by atoms with Crippen LogP contribution in [-0.4, -0.2) is 23.4 Å². The Morgan fingerprint density at radius 2 is 1.33 bits per heavy atom. The van der Waals surface area contributed by atoms with Gasteiger partial charge in [0.2, 0.25) is 5.91 Å². The first-order valence-corrected chi connectivity index (χ1v) is 10.8. The molecule has 0 saturated carbocycles. The molecule has 0 saturated heterocycles. The van der Waals surface area contributed by atoms with Crippen LogP contribution in [0.1, 0.15) is 69.4 Å². The number of fused-ring (bicyclic) bond motifs is 2. The minimum atomic E-state index is -0.524. The number of carbonyl (C=O) groups is 4. The SMILES string of the molecule is CCC(C)(C)C(=O)Nc1cccc(C(=O)Nc2ccc3c(c2)C(=O)c2ccccc2C3=O)c1. The van der Waals surface area contributed by atoms with Crippen LogP contribution >= 0.6 is 0 Å². The number of ketones is 2. The number of hydrogen-bond acceptors (Lipinski definition) is 4. The van der Waals surface area contributed by atoms with E-state index in [-0.39, 0.29) is 23.0 Å². The highest BCUT2D eigenvalue weighted by Crippen LogP contribution is 2.29. The molecular formula is C27H24N2O4. The average Bonchev–Trinajstić information content (AvgIpc) is 2.82. The molecule has 33 heavy (non-hydrogen) atoms. The van der Waals surface area contributed by atoms with E-state index in [1.807, 2.05) is 20.8 Å². The Labute approximate surface area is 192 Å². The Morgan fingerprint density at radius 1 is 0.727 bits per heavy atom. The summed E-state index contributed by atoms with van der Waals surface area (Å²) in [5.41, 5.74) is 2.09. The van der Waals surface area contributed by atoms with Crippen LogP contribution in [0.3, 0.4) is 0 Å². The van der Waals surface area contributed by atoms with Crippen LogP contribution < -0.4 is 10.6 Å². The summed E-state index contributed by atoms with van der Waals surface area (Å²) in [7, 11) is 0. The van der Waals surface area contributed by atoms with Crippen molar-refractivity contribution in [3.63, 3.8) is 0 Å². The smallest absolute Gasteiger partial charge is 0.255 e. The Balaban J connectivity index is 1.55. The summed E-state index contributed by atoms with van der Waals surface area (Å²) in [6.45, 7) is 5.66. The van der Waals surface area contributed by atoms with Gasteiger partial charge < -0.3 is 10.6 Å². The summed E-state index contributed by atoms with van der Waals surface area (Å²) in [5.74, 6) is -0.979. The van der Waals surface area contributed by atoms with Crippen molar-refractivity contribution in [3.8, 4) is 0 Å². The second kappa shape index (κ2) is 8.47. The third kappa shape index (κ3) is 4.20. The molecule has 6 nitrogen and oxygen atoms in total. The minimum absolute atomic E-state index is 0.124. The maximum Gasteiger partial charge on any atom is 0.255 e. The van der Waals surface area contributed by atoms with Crippen LogP contribution in [0.4, 0.5) is 11.4 Å². The van der Waals surface area contributed by atoms with E-state index in [0.29, 0.717) is 40.0 Å². The molecule has 1 aliphatic rings. The highest BCUT2D eigenvalue weighted by atomic mass is 16.2. The maximum atomic E-state index is 12.9. The van der Waals surface area contributed by atoms with E-state index in [9.17, 15) is 19.2 Å². The maximum absolute atomic E-state index is 12.9. The molecule has 0 radical (unpaired) electrons. The van der Waals surface area contributed by atoms with Gasteiger partial charge in [-0.1, -0.05) is 51.1 Å². The number of rotatable bonds is 5. The van der Waals surface area contributed by atoms with Gasteiger partial charge in [0.1, 0.15) is 0 Å². The van der Waals surface area contributed by atoms with Crippen LogP contribution in [0.25, 0.3) is 0 Å². The van der Waals surface area contributed by atoms with Crippen molar-refractivity contribution in [2.75, 3.05) is 10.6 Å². The van der Waals surface area contributed by atoms with Gasteiger partial charge in [0.25, 0.3) is 5.91 Å². The Hall–Kier alpha value is -4.06. The van der Waals surface area contributed by atoms with Crippen molar-refractivity contribution < 1.29 is 19.2 Å². The van der Waals surface area contributed by atoms with Gasteiger partial charge in [0, 0.05) is 44.6 Å². The average molecular weight is 440 g/mol. The summed E-state index contributed by atoms with van der Waals surface area (Å²) in [6.07, 6.45) is 0.684. The van der Waals surface area contributed by atoms with Crippen molar-refractivity contribution in [2.45, 2.75) is 27.2 Å². The molecule has 3 aromatic carbocycles. The zero-order valence-corrected chi connectivity index (χ0v) is 18.7. The quantitative estimate of drug-likeness (QED) is 0.452. The summed E-state index contributed by atoms with van der Waals surface area (Å²) in [4.78, 5) is 51.0. The van der Waals surface area contributed by atoms with Crippen molar-refractivity contribution in [1.82, 2.24) is 0 Å². The van der Waals surface area contributed by atoms with Gasteiger partial charge in [-0.3, -0.25) is 19.2 Å². The number of anilines is 2. The molecule has 3 aromatic rings. The molecule has 0 atom stereocenters. The zero-order chi connectivity index (χ0) is 23.8. The molecule has 0 aliphatic heterocycles.